The number of amides is 1. The summed E-state index contributed by atoms with van der Waals surface area (Å²) in [5, 5.41) is 8.84. The number of fused-ring (bicyclic) bond motifs is 1. The molecule has 0 unspecified atom stereocenters. The number of carbonyl (C=O) groups excluding carboxylic acids is 1. The van der Waals surface area contributed by atoms with Gasteiger partial charge in [-0.2, -0.15) is 0 Å². The first-order chi connectivity index (χ1) is 17.1. The second-order valence-electron chi connectivity index (χ2n) is 7.75. The molecular formula is C24H20I2N4O4S2. The summed E-state index contributed by atoms with van der Waals surface area (Å²) in [6.07, 6.45) is 0.855. The number of aromatic nitrogens is 2. The summed E-state index contributed by atoms with van der Waals surface area (Å²) in [6, 6.07) is 17.0. The third-order valence-electron chi connectivity index (χ3n) is 5.24. The van der Waals surface area contributed by atoms with Crippen molar-refractivity contribution >= 4 is 89.5 Å². The number of hydrogen-bond acceptors (Lipinski definition) is 6. The summed E-state index contributed by atoms with van der Waals surface area (Å²) in [7, 11) is -3.89. The second-order valence-corrected chi connectivity index (χ2v) is 12.7. The fourth-order valence-corrected chi connectivity index (χ4v) is 6.79. The van der Waals surface area contributed by atoms with E-state index in [0.717, 1.165) is 30.9 Å². The SMILES string of the molecule is CCc1cccc(NC(=O)CSc2nc3c(I)cc(I)cc3c(=O)n2-c2ccc(S(N)(=O)=O)cc2)c1. The van der Waals surface area contributed by atoms with Gasteiger partial charge in [-0.25, -0.2) is 18.5 Å². The maximum Gasteiger partial charge on any atom is 0.266 e. The van der Waals surface area contributed by atoms with Crippen molar-refractivity contribution in [2.24, 2.45) is 5.14 Å². The van der Waals surface area contributed by atoms with Gasteiger partial charge in [-0.3, -0.25) is 14.2 Å². The molecule has 4 rings (SSSR count). The quantitative estimate of drug-likeness (QED) is 0.163. The molecule has 12 heteroatoms. The van der Waals surface area contributed by atoms with Crippen molar-refractivity contribution in [3.63, 3.8) is 0 Å². The van der Waals surface area contributed by atoms with Crippen LogP contribution in [0.4, 0.5) is 5.69 Å². The summed E-state index contributed by atoms with van der Waals surface area (Å²) in [6.45, 7) is 2.04. The Morgan fingerprint density at radius 3 is 2.50 bits per heavy atom. The van der Waals surface area contributed by atoms with Crippen LogP contribution in [0, 0.1) is 7.14 Å². The van der Waals surface area contributed by atoms with Gasteiger partial charge in [-0.1, -0.05) is 30.8 Å². The molecule has 0 aliphatic rings. The number of aryl methyl sites for hydroxylation is 1. The van der Waals surface area contributed by atoms with Gasteiger partial charge in [0.1, 0.15) is 0 Å². The summed E-state index contributed by atoms with van der Waals surface area (Å²) in [5.41, 5.74) is 2.44. The minimum Gasteiger partial charge on any atom is -0.325 e. The molecule has 0 atom stereocenters. The molecule has 1 amide bonds. The van der Waals surface area contributed by atoms with Gasteiger partial charge < -0.3 is 5.32 Å². The van der Waals surface area contributed by atoms with Crippen LogP contribution in [-0.2, 0) is 21.2 Å². The molecule has 4 aromatic rings. The molecule has 0 saturated heterocycles. The Balaban J connectivity index is 1.74. The highest BCUT2D eigenvalue weighted by molar-refractivity contribution is 14.1. The van der Waals surface area contributed by atoms with E-state index in [0.29, 0.717) is 27.4 Å². The fraction of sp³-hybridized carbons (Fsp3) is 0.125. The number of anilines is 1. The molecule has 3 N–H and O–H groups in total. The zero-order valence-corrected chi connectivity index (χ0v) is 24.8. The summed E-state index contributed by atoms with van der Waals surface area (Å²) < 4.78 is 26.4. The van der Waals surface area contributed by atoms with E-state index >= 15 is 0 Å². The molecule has 0 saturated carbocycles. The lowest BCUT2D eigenvalue weighted by molar-refractivity contribution is -0.113. The predicted octanol–water partition coefficient (Wildman–Crippen LogP) is 4.54. The number of nitrogens with one attached hydrogen (secondary N) is 1. The van der Waals surface area contributed by atoms with Crippen molar-refractivity contribution in [1.82, 2.24) is 9.55 Å². The smallest absolute Gasteiger partial charge is 0.266 e. The normalized spacial score (nSPS) is 11.6. The van der Waals surface area contributed by atoms with E-state index in [9.17, 15) is 18.0 Å². The maximum absolute atomic E-state index is 13.6. The van der Waals surface area contributed by atoms with E-state index in [4.69, 9.17) is 10.1 Å². The van der Waals surface area contributed by atoms with Crippen molar-refractivity contribution in [2.75, 3.05) is 11.1 Å². The Hall–Kier alpha value is -2.01. The Labute approximate surface area is 239 Å². The highest BCUT2D eigenvalue weighted by Gasteiger charge is 2.18. The molecular weight excluding hydrogens is 726 g/mol. The van der Waals surface area contributed by atoms with Crippen molar-refractivity contribution < 1.29 is 13.2 Å². The van der Waals surface area contributed by atoms with Crippen LogP contribution in [0.25, 0.3) is 16.6 Å². The topological polar surface area (TPSA) is 124 Å². The third kappa shape index (κ3) is 6.10. The minimum absolute atomic E-state index is 0.0184. The van der Waals surface area contributed by atoms with Crippen molar-refractivity contribution in [3.05, 3.63) is 83.7 Å². The van der Waals surface area contributed by atoms with Crippen LogP contribution < -0.4 is 16.0 Å². The van der Waals surface area contributed by atoms with E-state index in [1.807, 2.05) is 37.3 Å². The fourth-order valence-electron chi connectivity index (χ4n) is 3.50. The van der Waals surface area contributed by atoms with Gasteiger partial charge in [0.2, 0.25) is 15.9 Å². The van der Waals surface area contributed by atoms with Crippen LogP contribution in [-0.4, -0.2) is 29.6 Å². The zero-order valence-electron chi connectivity index (χ0n) is 18.9. The highest BCUT2D eigenvalue weighted by atomic mass is 127. The van der Waals surface area contributed by atoms with Gasteiger partial charge in [0, 0.05) is 12.8 Å². The Kier molecular flexibility index (Phi) is 8.38. The second kappa shape index (κ2) is 11.2. The molecule has 0 aliphatic heterocycles. The molecule has 0 aliphatic carbocycles. The predicted molar refractivity (Wildman–Crippen MR) is 159 cm³/mol. The number of nitrogens with zero attached hydrogens (tertiary/aromatic N) is 2. The van der Waals surface area contributed by atoms with Gasteiger partial charge in [0.25, 0.3) is 5.56 Å². The summed E-state index contributed by atoms with van der Waals surface area (Å²) >= 11 is 5.40. The number of thioether (sulfide) groups is 1. The molecule has 36 heavy (non-hydrogen) atoms. The molecule has 1 aromatic heterocycles. The molecule has 8 nitrogen and oxygen atoms in total. The lowest BCUT2D eigenvalue weighted by Gasteiger charge is -2.14. The van der Waals surface area contributed by atoms with Crippen LogP contribution in [0.15, 0.2) is 75.5 Å². The number of carbonyl (C=O) groups is 1. The van der Waals surface area contributed by atoms with Crippen molar-refractivity contribution in [1.29, 1.82) is 0 Å². The number of nitrogens with two attached hydrogens (primary N) is 1. The minimum atomic E-state index is -3.89. The molecule has 1 heterocycles. The number of primary sulfonamides is 1. The standard InChI is InChI=1S/C24H20I2N4O4S2/c1-2-14-4-3-5-16(10-14)28-21(31)13-35-24-29-22-19(11-15(25)12-20(22)26)23(32)30(24)17-6-8-18(9-7-17)36(27,33)34/h3-12H,2,13H2,1H3,(H,28,31)(H2,27,33,34). The lowest BCUT2D eigenvalue weighted by atomic mass is 10.1. The first-order valence-electron chi connectivity index (χ1n) is 10.6. The van der Waals surface area contributed by atoms with E-state index in [2.05, 4.69) is 50.5 Å². The van der Waals surface area contributed by atoms with Crippen LogP contribution in [0.2, 0.25) is 0 Å². The lowest BCUT2D eigenvalue weighted by Crippen LogP contribution is -2.23. The molecule has 186 valence electrons. The molecule has 0 fully saturated rings. The number of sulfonamides is 1. The average molecular weight is 746 g/mol. The molecule has 0 spiro atoms. The number of benzene rings is 3. The molecule has 3 aromatic carbocycles. The summed E-state index contributed by atoms with van der Waals surface area (Å²) in [4.78, 5) is 31.0. The average Bonchev–Trinajstić information content (AvgIpc) is 2.83. The van der Waals surface area contributed by atoms with Gasteiger partial charge in [0.15, 0.2) is 5.16 Å². The Morgan fingerprint density at radius 1 is 1.11 bits per heavy atom. The van der Waals surface area contributed by atoms with Gasteiger partial charge in [0.05, 0.1) is 27.2 Å². The Bertz CT molecular complexity index is 1640. The van der Waals surface area contributed by atoms with Crippen LogP contribution in [0.5, 0.6) is 0 Å². The van der Waals surface area contributed by atoms with Gasteiger partial charge in [-0.05, 0) is 106 Å². The summed E-state index contributed by atoms with van der Waals surface area (Å²) in [5.74, 6) is -0.221. The van der Waals surface area contributed by atoms with E-state index < -0.39 is 10.0 Å². The van der Waals surface area contributed by atoms with E-state index in [1.54, 1.807) is 6.07 Å². The first-order valence-corrected chi connectivity index (χ1v) is 15.3. The van der Waals surface area contributed by atoms with E-state index in [1.165, 1.54) is 28.8 Å². The maximum atomic E-state index is 13.6. The zero-order chi connectivity index (χ0) is 26.0. The van der Waals surface area contributed by atoms with Crippen molar-refractivity contribution in [3.8, 4) is 5.69 Å². The van der Waals surface area contributed by atoms with E-state index in [-0.39, 0.29) is 22.1 Å². The van der Waals surface area contributed by atoms with Crippen LogP contribution in [0.3, 0.4) is 0 Å². The largest absolute Gasteiger partial charge is 0.325 e. The van der Waals surface area contributed by atoms with Crippen LogP contribution >= 0.6 is 56.9 Å². The Morgan fingerprint density at radius 2 is 1.83 bits per heavy atom. The monoisotopic (exact) mass is 746 g/mol. The first kappa shape index (κ1) is 27.0. The van der Waals surface area contributed by atoms with Crippen molar-refractivity contribution in [2.45, 2.75) is 23.4 Å². The molecule has 0 radical (unpaired) electrons. The van der Waals surface area contributed by atoms with Crippen LogP contribution in [0.1, 0.15) is 12.5 Å². The number of hydrogen-bond donors (Lipinski definition) is 2. The van der Waals surface area contributed by atoms with Gasteiger partial charge in [-0.15, -0.1) is 0 Å². The third-order valence-corrected chi connectivity index (χ3v) is 8.55. The number of halogens is 2. The highest BCUT2D eigenvalue weighted by Crippen LogP contribution is 2.26. The van der Waals surface area contributed by atoms with Gasteiger partial charge >= 0.3 is 0 Å². The number of rotatable bonds is 7. The molecule has 0 bridgehead atoms.